The summed E-state index contributed by atoms with van der Waals surface area (Å²) < 4.78 is 80.8. The second-order valence-electron chi connectivity index (χ2n) is 4.11. The molecule has 2 rings (SSSR count). The van der Waals surface area contributed by atoms with Crippen LogP contribution in [0.15, 0.2) is 23.5 Å². The molecule has 0 aliphatic carbocycles. The van der Waals surface area contributed by atoms with Crippen molar-refractivity contribution < 1.29 is 31.1 Å². The zero-order chi connectivity index (χ0) is 17.3. The molecule has 126 valence electrons. The minimum absolute atomic E-state index is 0.0448. The number of aromatic nitrogens is 5. The van der Waals surface area contributed by atoms with E-state index in [9.17, 15) is 26.3 Å². The molecule has 0 aromatic carbocycles. The predicted molar refractivity (Wildman–Crippen MR) is 66.0 cm³/mol. The second-order valence-corrected chi connectivity index (χ2v) is 4.90. The number of hydrogen-bond acceptors (Lipinski definition) is 5. The van der Waals surface area contributed by atoms with Crippen molar-refractivity contribution in [3.8, 4) is 11.7 Å². The van der Waals surface area contributed by atoms with Crippen molar-refractivity contribution in [1.82, 2.24) is 24.7 Å². The van der Waals surface area contributed by atoms with Gasteiger partial charge < -0.3 is 4.74 Å². The summed E-state index contributed by atoms with van der Waals surface area (Å²) in [7, 11) is 0. The third kappa shape index (κ3) is 3.89. The van der Waals surface area contributed by atoms with Crippen LogP contribution in [0.5, 0.6) is 5.88 Å². The van der Waals surface area contributed by atoms with Crippen molar-refractivity contribution in [1.29, 1.82) is 0 Å². The van der Waals surface area contributed by atoms with Crippen molar-refractivity contribution >= 4 is 15.9 Å². The monoisotopic (exact) mass is 405 g/mol. The van der Waals surface area contributed by atoms with Crippen molar-refractivity contribution in [3.05, 3.63) is 23.5 Å². The van der Waals surface area contributed by atoms with Crippen LogP contribution in [0.4, 0.5) is 26.3 Å². The highest BCUT2D eigenvalue weighted by molar-refractivity contribution is 9.10. The van der Waals surface area contributed by atoms with Crippen LogP contribution >= 0.6 is 15.9 Å². The molecule has 0 N–H and O–H groups in total. The summed E-state index contributed by atoms with van der Waals surface area (Å²) in [4.78, 5) is 10.9. The maximum Gasteiger partial charge on any atom is 0.425 e. The number of hydrogen-bond donors (Lipinski definition) is 0. The SMILES string of the molecule is FC(C(F)(F)F)C(F)(F)COc1ncnc(-n2cncn2)c1Br. The first-order valence-electron chi connectivity index (χ1n) is 5.70. The first kappa shape index (κ1) is 17.4. The molecule has 1 unspecified atom stereocenters. The van der Waals surface area contributed by atoms with Gasteiger partial charge in [0.05, 0.1) is 0 Å². The van der Waals surface area contributed by atoms with E-state index in [0.717, 1.165) is 11.0 Å². The van der Waals surface area contributed by atoms with Crippen LogP contribution in [0, 0.1) is 0 Å². The van der Waals surface area contributed by atoms with E-state index in [0.29, 0.717) is 0 Å². The molecule has 0 radical (unpaired) electrons. The Labute approximate surface area is 132 Å². The molecule has 1 atom stereocenters. The largest absolute Gasteiger partial charge is 0.470 e. The second kappa shape index (κ2) is 6.29. The fourth-order valence-corrected chi connectivity index (χ4v) is 1.90. The van der Waals surface area contributed by atoms with Gasteiger partial charge in [0.1, 0.15) is 23.5 Å². The van der Waals surface area contributed by atoms with Gasteiger partial charge in [0, 0.05) is 0 Å². The number of rotatable bonds is 5. The highest BCUT2D eigenvalue weighted by atomic mass is 79.9. The van der Waals surface area contributed by atoms with Crippen LogP contribution in [-0.2, 0) is 0 Å². The third-order valence-corrected chi connectivity index (χ3v) is 3.13. The average molecular weight is 406 g/mol. The molecule has 0 spiro atoms. The molecule has 0 aliphatic rings. The van der Waals surface area contributed by atoms with Gasteiger partial charge in [0.25, 0.3) is 6.17 Å². The highest BCUT2D eigenvalue weighted by Crippen LogP contribution is 2.36. The van der Waals surface area contributed by atoms with Gasteiger partial charge in [-0.2, -0.15) is 27.1 Å². The molecule has 0 aliphatic heterocycles. The smallest absolute Gasteiger partial charge is 0.425 e. The fraction of sp³-hybridized carbons (Fsp3) is 0.400. The van der Waals surface area contributed by atoms with Crippen LogP contribution in [0.3, 0.4) is 0 Å². The normalized spacial score (nSPS) is 13.9. The molecule has 2 aromatic rings. The molecule has 0 saturated carbocycles. The zero-order valence-electron chi connectivity index (χ0n) is 10.8. The summed E-state index contributed by atoms with van der Waals surface area (Å²) in [5.74, 6) is -5.24. The lowest BCUT2D eigenvalue weighted by Crippen LogP contribution is -2.45. The van der Waals surface area contributed by atoms with Gasteiger partial charge in [-0.25, -0.2) is 24.0 Å². The molecule has 23 heavy (non-hydrogen) atoms. The van der Waals surface area contributed by atoms with Crippen molar-refractivity contribution in [2.45, 2.75) is 18.3 Å². The van der Waals surface area contributed by atoms with E-state index in [1.54, 1.807) is 0 Å². The Morgan fingerprint density at radius 1 is 1.17 bits per heavy atom. The van der Waals surface area contributed by atoms with E-state index in [4.69, 9.17) is 0 Å². The lowest BCUT2D eigenvalue weighted by atomic mass is 10.2. The first-order valence-corrected chi connectivity index (χ1v) is 6.49. The summed E-state index contributed by atoms with van der Waals surface area (Å²) in [6.07, 6.45) is -6.76. The van der Waals surface area contributed by atoms with Gasteiger partial charge in [-0.05, 0) is 15.9 Å². The lowest BCUT2D eigenvalue weighted by molar-refractivity contribution is -0.250. The summed E-state index contributed by atoms with van der Waals surface area (Å²) >= 11 is 2.95. The van der Waals surface area contributed by atoms with Crippen molar-refractivity contribution in [2.75, 3.05) is 6.61 Å². The van der Waals surface area contributed by atoms with E-state index in [1.807, 2.05) is 0 Å². The standard InChI is InChI=1S/C10H6BrF6N5O/c11-5-6(22-4-18-2-21-22)19-3-20-7(5)23-1-9(13,14)8(12)10(15,16)17/h2-4,8H,1H2. The van der Waals surface area contributed by atoms with Gasteiger partial charge in [0.15, 0.2) is 12.4 Å². The quantitative estimate of drug-likeness (QED) is 0.715. The van der Waals surface area contributed by atoms with Crippen LogP contribution in [-0.4, -0.2) is 49.6 Å². The van der Waals surface area contributed by atoms with Gasteiger partial charge in [-0.3, -0.25) is 0 Å². The number of nitrogens with zero attached hydrogens (tertiary/aromatic N) is 5. The van der Waals surface area contributed by atoms with Crippen LogP contribution < -0.4 is 4.74 Å². The van der Waals surface area contributed by atoms with Gasteiger partial charge in [-0.1, -0.05) is 0 Å². The van der Waals surface area contributed by atoms with E-state index >= 15 is 0 Å². The summed E-state index contributed by atoms with van der Waals surface area (Å²) in [5, 5.41) is 3.73. The molecule has 6 nitrogen and oxygen atoms in total. The van der Waals surface area contributed by atoms with E-state index in [-0.39, 0.29) is 10.3 Å². The first-order chi connectivity index (χ1) is 10.6. The maximum atomic E-state index is 13.2. The van der Waals surface area contributed by atoms with Gasteiger partial charge >= 0.3 is 12.1 Å². The zero-order valence-corrected chi connectivity index (χ0v) is 12.4. The Morgan fingerprint density at radius 3 is 2.43 bits per heavy atom. The Hall–Kier alpha value is -1.92. The molecule has 0 fully saturated rings. The number of alkyl halides is 6. The van der Waals surface area contributed by atoms with Crippen LogP contribution in [0.2, 0.25) is 0 Å². The van der Waals surface area contributed by atoms with Crippen molar-refractivity contribution in [2.24, 2.45) is 0 Å². The Bertz CT molecular complexity index is 664. The number of ether oxygens (including phenoxy) is 1. The van der Waals surface area contributed by atoms with Crippen LogP contribution in [0.1, 0.15) is 0 Å². The minimum atomic E-state index is -5.71. The third-order valence-electron chi connectivity index (χ3n) is 2.43. The molecule has 2 aromatic heterocycles. The van der Waals surface area contributed by atoms with Crippen LogP contribution in [0.25, 0.3) is 5.82 Å². The Morgan fingerprint density at radius 2 is 1.87 bits per heavy atom. The summed E-state index contributed by atoms with van der Waals surface area (Å²) in [6.45, 7) is -1.86. The highest BCUT2D eigenvalue weighted by Gasteiger charge is 2.57. The molecule has 0 amide bonds. The summed E-state index contributed by atoms with van der Waals surface area (Å²) in [6, 6.07) is 0. The van der Waals surface area contributed by atoms with Gasteiger partial charge in [0.2, 0.25) is 5.88 Å². The summed E-state index contributed by atoms with van der Waals surface area (Å²) in [5.41, 5.74) is 0. The maximum absolute atomic E-state index is 13.2. The number of halogens is 7. The average Bonchev–Trinajstić information content (AvgIpc) is 2.98. The van der Waals surface area contributed by atoms with Gasteiger partial charge in [-0.15, -0.1) is 0 Å². The Kier molecular flexibility index (Phi) is 4.77. The predicted octanol–water partition coefficient (Wildman–Crippen LogP) is 2.73. The molecular weight excluding hydrogens is 400 g/mol. The molecule has 0 saturated heterocycles. The van der Waals surface area contributed by atoms with E-state index in [2.05, 4.69) is 40.7 Å². The van der Waals surface area contributed by atoms with E-state index in [1.165, 1.54) is 12.7 Å². The minimum Gasteiger partial charge on any atom is -0.470 e. The molecule has 13 heteroatoms. The van der Waals surface area contributed by atoms with Crippen molar-refractivity contribution in [3.63, 3.8) is 0 Å². The molecular formula is C10H6BrF6N5O. The van der Waals surface area contributed by atoms with E-state index < -0.39 is 30.8 Å². The molecule has 0 bridgehead atoms. The fourth-order valence-electron chi connectivity index (χ4n) is 1.40. The lowest BCUT2D eigenvalue weighted by Gasteiger charge is -2.22. The molecule has 2 heterocycles. The Balaban J connectivity index is 2.17. The topological polar surface area (TPSA) is 65.7 Å².